The van der Waals surface area contributed by atoms with Crippen molar-refractivity contribution in [3.05, 3.63) is 83.6 Å². The van der Waals surface area contributed by atoms with Gasteiger partial charge in [0.1, 0.15) is 11.5 Å². The minimum atomic E-state index is -0.0876. The van der Waals surface area contributed by atoms with Gasteiger partial charge >= 0.3 is 0 Å². The van der Waals surface area contributed by atoms with Crippen LogP contribution in [-0.2, 0) is 17.8 Å². The van der Waals surface area contributed by atoms with Crippen LogP contribution < -0.4 is 10.1 Å². The fourth-order valence-electron chi connectivity index (χ4n) is 2.73. The number of nitrogens with one attached hydrogen (secondary N) is 1. The lowest BCUT2D eigenvalue weighted by Gasteiger charge is -2.11. The van der Waals surface area contributed by atoms with E-state index in [1.165, 1.54) is 0 Å². The van der Waals surface area contributed by atoms with E-state index < -0.39 is 0 Å². The molecule has 0 saturated heterocycles. The Morgan fingerprint density at radius 2 is 1.86 bits per heavy atom. The molecular weight excluding hydrogens is 386 g/mol. The zero-order chi connectivity index (χ0) is 19.9. The van der Waals surface area contributed by atoms with E-state index in [-0.39, 0.29) is 12.3 Å². The standard InChI is InChI=1S/C22H19N3O3S/c26-20(12-13-21-24-22(25-28-21)19-11-6-14-29-19)23-15-16-7-4-5-10-18(16)27-17-8-2-1-3-9-17/h1-11,14H,12-13,15H2,(H,23,26). The van der Waals surface area contributed by atoms with Gasteiger partial charge in [0.25, 0.3) is 0 Å². The number of benzene rings is 2. The Morgan fingerprint density at radius 3 is 2.69 bits per heavy atom. The SMILES string of the molecule is O=C(CCc1nc(-c2cccs2)no1)NCc1ccccc1Oc1ccccc1. The molecule has 0 atom stereocenters. The van der Waals surface area contributed by atoms with Crippen molar-refractivity contribution >= 4 is 17.2 Å². The molecule has 0 saturated carbocycles. The van der Waals surface area contributed by atoms with Gasteiger partial charge in [-0.3, -0.25) is 4.79 Å². The zero-order valence-corrected chi connectivity index (χ0v) is 16.4. The monoisotopic (exact) mass is 405 g/mol. The van der Waals surface area contributed by atoms with Gasteiger partial charge in [-0.05, 0) is 29.6 Å². The summed E-state index contributed by atoms with van der Waals surface area (Å²) >= 11 is 1.55. The van der Waals surface area contributed by atoms with Crippen molar-refractivity contribution in [3.63, 3.8) is 0 Å². The number of amides is 1. The maximum absolute atomic E-state index is 12.3. The number of carbonyl (C=O) groups excluding carboxylic acids is 1. The van der Waals surface area contributed by atoms with Crippen LogP contribution in [0.1, 0.15) is 17.9 Å². The molecule has 0 fully saturated rings. The van der Waals surface area contributed by atoms with Crippen LogP contribution >= 0.6 is 11.3 Å². The molecule has 7 heteroatoms. The van der Waals surface area contributed by atoms with Gasteiger partial charge in [-0.1, -0.05) is 47.6 Å². The summed E-state index contributed by atoms with van der Waals surface area (Å²) in [5.74, 6) is 2.40. The molecule has 146 valence electrons. The van der Waals surface area contributed by atoms with Crippen molar-refractivity contribution in [2.45, 2.75) is 19.4 Å². The summed E-state index contributed by atoms with van der Waals surface area (Å²) in [4.78, 5) is 17.5. The molecule has 29 heavy (non-hydrogen) atoms. The smallest absolute Gasteiger partial charge is 0.227 e. The Hall–Kier alpha value is -3.45. The molecule has 2 aromatic heterocycles. The summed E-state index contributed by atoms with van der Waals surface area (Å²) in [7, 11) is 0. The number of hydrogen-bond donors (Lipinski definition) is 1. The molecular formula is C22H19N3O3S. The van der Waals surface area contributed by atoms with Crippen molar-refractivity contribution in [2.24, 2.45) is 0 Å². The van der Waals surface area contributed by atoms with Gasteiger partial charge in [-0.15, -0.1) is 11.3 Å². The Balaban J connectivity index is 1.30. The fourth-order valence-corrected chi connectivity index (χ4v) is 3.38. The second kappa shape index (κ2) is 9.16. The lowest BCUT2D eigenvalue weighted by Crippen LogP contribution is -2.23. The molecule has 0 unspecified atom stereocenters. The van der Waals surface area contributed by atoms with Crippen LogP contribution in [0.25, 0.3) is 10.7 Å². The summed E-state index contributed by atoms with van der Waals surface area (Å²) in [6.07, 6.45) is 0.667. The molecule has 4 rings (SSSR count). The van der Waals surface area contributed by atoms with Gasteiger partial charge in [-0.25, -0.2) is 0 Å². The second-order valence-corrected chi connectivity index (χ2v) is 7.24. The molecule has 2 aromatic carbocycles. The summed E-state index contributed by atoms with van der Waals surface area (Å²) in [5, 5.41) is 8.84. The molecule has 2 heterocycles. The first-order chi connectivity index (χ1) is 14.3. The minimum absolute atomic E-state index is 0.0876. The predicted molar refractivity (Wildman–Crippen MR) is 111 cm³/mol. The number of nitrogens with zero attached hydrogens (tertiary/aromatic N) is 2. The highest BCUT2D eigenvalue weighted by Crippen LogP contribution is 2.25. The minimum Gasteiger partial charge on any atom is -0.457 e. The highest BCUT2D eigenvalue weighted by molar-refractivity contribution is 7.13. The van der Waals surface area contributed by atoms with Crippen molar-refractivity contribution in [3.8, 4) is 22.2 Å². The molecule has 0 aliphatic heterocycles. The number of hydrogen-bond acceptors (Lipinski definition) is 6. The second-order valence-electron chi connectivity index (χ2n) is 6.29. The third-order valence-electron chi connectivity index (χ3n) is 4.20. The number of ether oxygens (including phenoxy) is 1. The zero-order valence-electron chi connectivity index (χ0n) is 15.6. The topological polar surface area (TPSA) is 77.2 Å². The van der Waals surface area contributed by atoms with E-state index in [0.29, 0.717) is 24.7 Å². The number of thiophene rings is 1. The largest absolute Gasteiger partial charge is 0.457 e. The highest BCUT2D eigenvalue weighted by atomic mass is 32.1. The Bertz CT molecular complexity index is 1060. The molecule has 0 radical (unpaired) electrons. The van der Waals surface area contributed by atoms with E-state index in [1.54, 1.807) is 11.3 Å². The molecule has 1 N–H and O–H groups in total. The molecule has 6 nitrogen and oxygen atoms in total. The van der Waals surface area contributed by atoms with Crippen molar-refractivity contribution in [1.82, 2.24) is 15.5 Å². The van der Waals surface area contributed by atoms with E-state index >= 15 is 0 Å². The van der Waals surface area contributed by atoms with Gasteiger partial charge in [0.05, 0.1) is 4.88 Å². The Kier molecular flexibility index (Phi) is 5.97. The summed E-state index contributed by atoms with van der Waals surface area (Å²) in [5.41, 5.74) is 0.905. The number of aryl methyl sites for hydroxylation is 1. The quantitative estimate of drug-likeness (QED) is 0.454. The van der Waals surface area contributed by atoms with E-state index in [1.807, 2.05) is 72.1 Å². The predicted octanol–water partition coefficient (Wildman–Crippen LogP) is 4.84. The maximum atomic E-state index is 12.3. The van der Waals surface area contributed by atoms with E-state index in [9.17, 15) is 4.79 Å². The first-order valence-electron chi connectivity index (χ1n) is 9.22. The summed E-state index contributed by atoms with van der Waals surface area (Å²) in [6.45, 7) is 0.381. The number of para-hydroxylation sites is 2. The molecule has 4 aromatic rings. The van der Waals surface area contributed by atoms with Crippen LogP contribution in [0.5, 0.6) is 11.5 Å². The Morgan fingerprint density at radius 1 is 1.03 bits per heavy atom. The van der Waals surface area contributed by atoms with Crippen LogP contribution in [0.15, 0.2) is 76.6 Å². The van der Waals surface area contributed by atoms with Crippen LogP contribution in [0.3, 0.4) is 0 Å². The van der Waals surface area contributed by atoms with Gasteiger partial charge < -0.3 is 14.6 Å². The van der Waals surface area contributed by atoms with Gasteiger partial charge in [0.2, 0.25) is 17.6 Å². The van der Waals surface area contributed by atoms with Gasteiger partial charge in [0.15, 0.2) is 0 Å². The summed E-state index contributed by atoms with van der Waals surface area (Å²) < 4.78 is 11.2. The van der Waals surface area contributed by atoms with Gasteiger partial charge in [0, 0.05) is 24.9 Å². The van der Waals surface area contributed by atoms with Crippen LogP contribution in [0.4, 0.5) is 0 Å². The maximum Gasteiger partial charge on any atom is 0.227 e. The molecule has 0 bridgehead atoms. The normalized spacial score (nSPS) is 10.6. The fraction of sp³-hybridized carbons (Fsp3) is 0.136. The number of carbonyl (C=O) groups is 1. The lowest BCUT2D eigenvalue weighted by atomic mass is 10.2. The molecule has 0 spiro atoms. The summed E-state index contributed by atoms with van der Waals surface area (Å²) in [6, 6.07) is 21.1. The van der Waals surface area contributed by atoms with Crippen molar-refractivity contribution in [1.29, 1.82) is 0 Å². The number of aromatic nitrogens is 2. The first kappa shape index (κ1) is 18.9. The molecule has 0 aliphatic carbocycles. The van der Waals surface area contributed by atoms with E-state index in [2.05, 4.69) is 15.5 Å². The average molecular weight is 405 g/mol. The van der Waals surface area contributed by atoms with Crippen LogP contribution in [0, 0.1) is 0 Å². The third-order valence-corrected chi connectivity index (χ3v) is 5.06. The molecule has 0 aliphatic rings. The average Bonchev–Trinajstić information content (AvgIpc) is 3.44. The third kappa shape index (κ3) is 5.08. The van der Waals surface area contributed by atoms with Crippen LogP contribution in [0.2, 0.25) is 0 Å². The number of rotatable bonds is 8. The van der Waals surface area contributed by atoms with Crippen molar-refractivity contribution < 1.29 is 14.1 Å². The van der Waals surface area contributed by atoms with E-state index in [4.69, 9.17) is 9.26 Å². The Labute approximate surface area is 172 Å². The highest BCUT2D eigenvalue weighted by Gasteiger charge is 2.12. The lowest BCUT2D eigenvalue weighted by molar-refractivity contribution is -0.121. The van der Waals surface area contributed by atoms with Crippen LogP contribution in [-0.4, -0.2) is 16.0 Å². The van der Waals surface area contributed by atoms with Gasteiger partial charge in [-0.2, -0.15) is 4.98 Å². The van der Waals surface area contributed by atoms with Crippen molar-refractivity contribution in [2.75, 3.05) is 0 Å². The van der Waals surface area contributed by atoms with E-state index in [0.717, 1.165) is 21.9 Å². The first-order valence-corrected chi connectivity index (χ1v) is 10.1. The molecule has 1 amide bonds.